The van der Waals surface area contributed by atoms with Crippen LogP contribution in [0.2, 0.25) is 0 Å². The van der Waals surface area contributed by atoms with Crippen LogP contribution in [0.25, 0.3) is 0 Å². The molecule has 2 aromatic carbocycles. The van der Waals surface area contributed by atoms with E-state index in [-0.39, 0.29) is 0 Å². The molecule has 0 bridgehead atoms. The SMILES string of the molecule is CC(SSCc1ccccc1)(C(=O)O)c1ccccc1. The fraction of sp³-hybridized carbons (Fsp3) is 0.188. The van der Waals surface area contributed by atoms with E-state index in [1.807, 2.05) is 60.7 Å². The minimum absolute atomic E-state index is 0.793. The molecule has 0 aliphatic heterocycles. The molecule has 0 radical (unpaired) electrons. The van der Waals surface area contributed by atoms with Crippen molar-refractivity contribution in [2.75, 3.05) is 0 Å². The third kappa shape index (κ3) is 3.58. The third-order valence-corrected chi connectivity index (χ3v) is 6.05. The Morgan fingerprint density at radius 1 is 1.05 bits per heavy atom. The van der Waals surface area contributed by atoms with Gasteiger partial charge in [0.1, 0.15) is 4.75 Å². The monoisotopic (exact) mass is 304 g/mol. The van der Waals surface area contributed by atoms with Gasteiger partial charge in [-0.05, 0) is 18.1 Å². The Kier molecular flexibility index (Phi) is 5.15. The summed E-state index contributed by atoms with van der Waals surface area (Å²) >= 11 is 0. The van der Waals surface area contributed by atoms with Crippen molar-refractivity contribution in [2.45, 2.75) is 17.4 Å². The summed E-state index contributed by atoms with van der Waals surface area (Å²) in [6.07, 6.45) is 0. The Hall–Kier alpha value is -1.39. The fourth-order valence-corrected chi connectivity index (χ4v) is 4.47. The van der Waals surface area contributed by atoms with Crippen LogP contribution in [0.4, 0.5) is 0 Å². The maximum Gasteiger partial charge on any atom is 0.324 e. The molecular formula is C16H16O2S2. The Balaban J connectivity index is 2.05. The molecular weight excluding hydrogens is 288 g/mol. The molecule has 0 aliphatic carbocycles. The van der Waals surface area contributed by atoms with Gasteiger partial charge in [-0.2, -0.15) is 0 Å². The molecule has 2 nitrogen and oxygen atoms in total. The summed E-state index contributed by atoms with van der Waals surface area (Å²) in [6, 6.07) is 19.4. The van der Waals surface area contributed by atoms with E-state index >= 15 is 0 Å². The topological polar surface area (TPSA) is 37.3 Å². The van der Waals surface area contributed by atoms with Crippen molar-refractivity contribution in [1.29, 1.82) is 0 Å². The van der Waals surface area contributed by atoms with Crippen LogP contribution in [0, 0.1) is 0 Å². The minimum Gasteiger partial charge on any atom is -0.480 e. The van der Waals surface area contributed by atoms with Gasteiger partial charge in [-0.25, -0.2) is 0 Å². The first-order chi connectivity index (χ1) is 9.63. The van der Waals surface area contributed by atoms with E-state index < -0.39 is 10.7 Å². The number of hydrogen-bond donors (Lipinski definition) is 1. The normalized spacial score (nSPS) is 13.7. The summed E-state index contributed by atoms with van der Waals surface area (Å²) in [7, 11) is 2.97. The molecule has 2 rings (SSSR count). The van der Waals surface area contributed by atoms with Crippen LogP contribution < -0.4 is 0 Å². The van der Waals surface area contributed by atoms with Crippen LogP contribution in [0.15, 0.2) is 60.7 Å². The molecule has 0 aromatic heterocycles. The van der Waals surface area contributed by atoms with E-state index in [1.165, 1.54) is 16.4 Å². The van der Waals surface area contributed by atoms with Gasteiger partial charge in [0.25, 0.3) is 0 Å². The molecule has 104 valence electrons. The standard InChI is InChI=1S/C16H16O2S2/c1-16(15(17)18,14-10-6-3-7-11-14)20-19-12-13-8-4-2-5-9-13/h2-11H,12H2,1H3,(H,17,18). The van der Waals surface area contributed by atoms with Crippen molar-refractivity contribution in [2.24, 2.45) is 0 Å². The zero-order chi connectivity index (χ0) is 14.4. The summed E-state index contributed by atoms with van der Waals surface area (Å²) in [4.78, 5) is 11.6. The van der Waals surface area contributed by atoms with Crippen molar-refractivity contribution >= 4 is 27.6 Å². The van der Waals surface area contributed by atoms with Crippen LogP contribution in [0.5, 0.6) is 0 Å². The average molecular weight is 304 g/mol. The van der Waals surface area contributed by atoms with Gasteiger partial charge < -0.3 is 5.11 Å². The highest BCUT2D eigenvalue weighted by Gasteiger charge is 2.36. The number of rotatable bonds is 6. The zero-order valence-electron chi connectivity index (χ0n) is 11.2. The van der Waals surface area contributed by atoms with Crippen LogP contribution in [-0.4, -0.2) is 11.1 Å². The average Bonchev–Trinajstić information content (AvgIpc) is 2.49. The predicted molar refractivity (Wildman–Crippen MR) is 86.8 cm³/mol. The number of aliphatic carboxylic acids is 1. The summed E-state index contributed by atoms with van der Waals surface area (Å²) in [5.74, 6) is -0.0180. The summed E-state index contributed by atoms with van der Waals surface area (Å²) in [6.45, 7) is 1.76. The molecule has 20 heavy (non-hydrogen) atoms. The summed E-state index contributed by atoms with van der Waals surface area (Å²) in [5.41, 5.74) is 2.02. The summed E-state index contributed by atoms with van der Waals surface area (Å²) in [5, 5.41) is 9.55. The molecule has 1 N–H and O–H groups in total. The first-order valence-electron chi connectivity index (χ1n) is 6.26. The van der Waals surface area contributed by atoms with E-state index in [1.54, 1.807) is 17.7 Å². The van der Waals surface area contributed by atoms with Crippen LogP contribution in [0.3, 0.4) is 0 Å². The Morgan fingerprint density at radius 2 is 1.60 bits per heavy atom. The van der Waals surface area contributed by atoms with E-state index in [0.717, 1.165) is 11.3 Å². The lowest BCUT2D eigenvalue weighted by atomic mass is 10.0. The lowest BCUT2D eigenvalue weighted by Crippen LogP contribution is -2.27. The zero-order valence-corrected chi connectivity index (χ0v) is 12.8. The van der Waals surface area contributed by atoms with Gasteiger partial charge in [0, 0.05) is 5.75 Å². The highest BCUT2D eigenvalue weighted by molar-refractivity contribution is 8.76. The Bertz CT molecular complexity index is 557. The molecule has 0 heterocycles. The minimum atomic E-state index is -0.930. The quantitative estimate of drug-likeness (QED) is 0.793. The number of hydrogen-bond acceptors (Lipinski definition) is 3. The summed E-state index contributed by atoms with van der Waals surface area (Å²) < 4.78 is -0.930. The lowest BCUT2D eigenvalue weighted by Gasteiger charge is -2.23. The van der Waals surface area contributed by atoms with Crippen molar-refractivity contribution < 1.29 is 9.90 Å². The van der Waals surface area contributed by atoms with E-state index in [0.29, 0.717) is 0 Å². The van der Waals surface area contributed by atoms with Gasteiger partial charge in [-0.1, -0.05) is 82.3 Å². The largest absolute Gasteiger partial charge is 0.480 e. The second-order valence-electron chi connectivity index (χ2n) is 4.54. The molecule has 0 saturated heterocycles. The maximum absolute atomic E-state index is 11.6. The van der Waals surface area contributed by atoms with E-state index in [2.05, 4.69) is 0 Å². The molecule has 0 spiro atoms. The van der Waals surface area contributed by atoms with Crippen molar-refractivity contribution in [1.82, 2.24) is 0 Å². The van der Waals surface area contributed by atoms with Crippen molar-refractivity contribution in [3.63, 3.8) is 0 Å². The molecule has 0 fully saturated rings. The van der Waals surface area contributed by atoms with Gasteiger partial charge in [-0.15, -0.1) is 0 Å². The molecule has 4 heteroatoms. The van der Waals surface area contributed by atoms with Crippen LogP contribution in [-0.2, 0) is 15.3 Å². The molecule has 0 saturated carbocycles. The first kappa shape index (κ1) is 15.0. The Morgan fingerprint density at radius 3 is 2.15 bits per heavy atom. The number of carboxylic acids is 1. The van der Waals surface area contributed by atoms with Gasteiger partial charge in [0.15, 0.2) is 0 Å². The second kappa shape index (κ2) is 6.86. The first-order valence-corrected chi connectivity index (χ1v) is 8.58. The number of carboxylic acid groups (broad SMARTS) is 1. The number of benzene rings is 2. The van der Waals surface area contributed by atoms with E-state index in [9.17, 15) is 9.90 Å². The van der Waals surface area contributed by atoms with Gasteiger partial charge in [0.2, 0.25) is 0 Å². The Labute approximate surface area is 127 Å². The maximum atomic E-state index is 11.6. The van der Waals surface area contributed by atoms with Crippen LogP contribution >= 0.6 is 21.6 Å². The third-order valence-electron chi connectivity index (χ3n) is 3.03. The van der Waals surface area contributed by atoms with Crippen LogP contribution in [0.1, 0.15) is 18.1 Å². The van der Waals surface area contributed by atoms with Crippen molar-refractivity contribution in [3.8, 4) is 0 Å². The highest BCUT2D eigenvalue weighted by Crippen LogP contribution is 2.45. The fourth-order valence-electron chi connectivity index (χ4n) is 1.75. The highest BCUT2D eigenvalue weighted by atomic mass is 33.1. The number of carbonyl (C=O) groups is 1. The van der Waals surface area contributed by atoms with Gasteiger partial charge >= 0.3 is 5.97 Å². The van der Waals surface area contributed by atoms with E-state index in [4.69, 9.17) is 0 Å². The van der Waals surface area contributed by atoms with Gasteiger partial charge in [0.05, 0.1) is 0 Å². The molecule has 2 aromatic rings. The molecule has 0 amide bonds. The smallest absolute Gasteiger partial charge is 0.324 e. The predicted octanol–water partition coefficient (Wildman–Crippen LogP) is 4.57. The molecule has 1 unspecified atom stereocenters. The molecule has 0 aliphatic rings. The lowest BCUT2D eigenvalue weighted by molar-refractivity contribution is -0.139. The second-order valence-corrected chi connectivity index (χ2v) is 7.25. The van der Waals surface area contributed by atoms with Crippen molar-refractivity contribution in [3.05, 3.63) is 71.8 Å². The van der Waals surface area contributed by atoms with Gasteiger partial charge in [-0.3, -0.25) is 4.79 Å². The molecule has 1 atom stereocenters.